The van der Waals surface area contributed by atoms with E-state index in [2.05, 4.69) is 15.3 Å². The number of hydrogen-bond donors (Lipinski definition) is 1. The van der Waals surface area contributed by atoms with Crippen LogP contribution in [0.15, 0.2) is 36.7 Å². The van der Waals surface area contributed by atoms with Gasteiger partial charge in [-0.25, -0.2) is 14.4 Å². The van der Waals surface area contributed by atoms with Crippen molar-refractivity contribution in [2.45, 2.75) is 12.8 Å². The Bertz CT molecular complexity index is 966. The zero-order chi connectivity index (χ0) is 21.0. The number of halogens is 1. The third-order valence-electron chi connectivity index (χ3n) is 4.82. The van der Waals surface area contributed by atoms with Gasteiger partial charge in [-0.3, -0.25) is 4.79 Å². The van der Waals surface area contributed by atoms with Gasteiger partial charge < -0.3 is 5.32 Å². The van der Waals surface area contributed by atoms with E-state index >= 15 is 0 Å². The fourth-order valence-corrected chi connectivity index (χ4v) is 4.42. The molecule has 1 aromatic carbocycles. The number of carbonyl (C=O) groups is 1. The SMILES string of the molecule is CN(C)S(=O)(=O)N1CCCC(CNC(=O)c2cnc(-c3cccc(F)c3)nc2)C1. The maximum Gasteiger partial charge on any atom is 0.281 e. The van der Waals surface area contributed by atoms with Crippen LogP contribution < -0.4 is 5.32 Å². The highest BCUT2D eigenvalue weighted by atomic mass is 32.2. The minimum atomic E-state index is -3.45. The highest BCUT2D eigenvalue weighted by molar-refractivity contribution is 7.86. The lowest BCUT2D eigenvalue weighted by Gasteiger charge is -2.33. The summed E-state index contributed by atoms with van der Waals surface area (Å²) in [5.41, 5.74) is 0.820. The second-order valence-corrected chi connectivity index (χ2v) is 9.31. The van der Waals surface area contributed by atoms with Crippen molar-refractivity contribution in [2.24, 2.45) is 5.92 Å². The van der Waals surface area contributed by atoms with Crippen molar-refractivity contribution in [3.63, 3.8) is 0 Å². The van der Waals surface area contributed by atoms with Gasteiger partial charge in [0.2, 0.25) is 0 Å². The van der Waals surface area contributed by atoms with E-state index in [9.17, 15) is 17.6 Å². The van der Waals surface area contributed by atoms with Crippen LogP contribution in [0.1, 0.15) is 23.2 Å². The van der Waals surface area contributed by atoms with Crippen LogP contribution in [0.2, 0.25) is 0 Å². The molecule has 0 radical (unpaired) electrons. The third-order valence-corrected chi connectivity index (χ3v) is 6.72. The molecule has 1 aromatic heterocycles. The molecular formula is C19H24FN5O3S. The Morgan fingerprint density at radius 3 is 2.69 bits per heavy atom. The van der Waals surface area contributed by atoms with Crippen LogP contribution in [0.5, 0.6) is 0 Å². The molecule has 156 valence electrons. The number of piperidine rings is 1. The average Bonchev–Trinajstić information content (AvgIpc) is 2.72. The molecule has 2 heterocycles. The minimum absolute atomic E-state index is 0.0370. The first-order chi connectivity index (χ1) is 13.8. The number of hydrogen-bond acceptors (Lipinski definition) is 5. The molecule has 1 atom stereocenters. The van der Waals surface area contributed by atoms with Gasteiger partial charge in [0.1, 0.15) is 5.82 Å². The lowest BCUT2D eigenvalue weighted by molar-refractivity contribution is 0.0940. The van der Waals surface area contributed by atoms with Crippen LogP contribution in [0, 0.1) is 11.7 Å². The first-order valence-corrected chi connectivity index (χ1v) is 10.7. The van der Waals surface area contributed by atoms with Crippen LogP contribution in [-0.2, 0) is 10.2 Å². The van der Waals surface area contributed by atoms with Crippen molar-refractivity contribution in [1.29, 1.82) is 0 Å². The van der Waals surface area contributed by atoms with Gasteiger partial charge in [-0.15, -0.1) is 0 Å². The van der Waals surface area contributed by atoms with Crippen molar-refractivity contribution >= 4 is 16.1 Å². The lowest BCUT2D eigenvalue weighted by atomic mass is 9.99. The Morgan fingerprint density at radius 2 is 2.03 bits per heavy atom. The molecule has 10 heteroatoms. The predicted octanol–water partition coefficient (Wildman–Crippen LogP) is 1.53. The van der Waals surface area contributed by atoms with E-state index in [4.69, 9.17) is 0 Å². The standard InChI is InChI=1S/C19H24FN5O3S/c1-24(2)29(27,28)25-8-4-5-14(13-25)10-23-19(26)16-11-21-18(22-12-16)15-6-3-7-17(20)9-15/h3,6-7,9,11-12,14H,4-5,8,10,13H2,1-2H3,(H,23,26). The smallest absolute Gasteiger partial charge is 0.281 e. The summed E-state index contributed by atoms with van der Waals surface area (Å²) in [6.45, 7) is 1.22. The van der Waals surface area contributed by atoms with Crippen LogP contribution in [0.25, 0.3) is 11.4 Å². The Balaban J connectivity index is 1.58. The highest BCUT2D eigenvalue weighted by Gasteiger charge is 2.30. The Labute approximate surface area is 169 Å². The Kier molecular flexibility index (Phi) is 6.56. The number of benzene rings is 1. The van der Waals surface area contributed by atoms with Crippen LogP contribution in [0.4, 0.5) is 4.39 Å². The van der Waals surface area contributed by atoms with Gasteiger partial charge in [0.15, 0.2) is 5.82 Å². The summed E-state index contributed by atoms with van der Waals surface area (Å²) < 4.78 is 40.5. The van der Waals surface area contributed by atoms with Crippen LogP contribution in [-0.4, -0.2) is 66.6 Å². The van der Waals surface area contributed by atoms with Gasteiger partial charge in [0.25, 0.3) is 16.1 Å². The van der Waals surface area contributed by atoms with Crippen molar-refractivity contribution < 1.29 is 17.6 Å². The molecule has 1 amide bonds. The fourth-order valence-electron chi connectivity index (χ4n) is 3.20. The first-order valence-electron chi connectivity index (χ1n) is 9.31. The van der Waals surface area contributed by atoms with Crippen molar-refractivity contribution in [2.75, 3.05) is 33.7 Å². The van der Waals surface area contributed by atoms with Crippen molar-refractivity contribution in [3.8, 4) is 11.4 Å². The topological polar surface area (TPSA) is 95.5 Å². The van der Waals surface area contributed by atoms with E-state index in [0.717, 1.165) is 12.8 Å². The maximum absolute atomic E-state index is 13.3. The molecule has 3 rings (SSSR count). The predicted molar refractivity (Wildman–Crippen MR) is 107 cm³/mol. The Hall–Kier alpha value is -2.43. The number of amides is 1. The summed E-state index contributed by atoms with van der Waals surface area (Å²) in [6.07, 6.45) is 4.38. The molecule has 0 saturated carbocycles. The summed E-state index contributed by atoms with van der Waals surface area (Å²) in [4.78, 5) is 20.7. The molecular weight excluding hydrogens is 397 g/mol. The maximum atomic E-state index is 13.3. The molecule has 0 bridgehead atoms. The van der Waals surface area contributed by atoms with E-state index in [1.54, 1.807) is 12.1 Å². The number of carbonyl (C=O) groups excluding carboxylic acids is 1. The first kappa shape index (κ1) is 21.3. The molecule has 1 aliphatic rings. The summed E-state index contributed by atoms with van der Waals surface area (Å²) >= 11 is 0. The monoisotopic (exact) mass is 421 g/mol. The quantitative estimate of drug-likeness (QED) is 0.763. The highest BCUT2D eigenvalue weighted by Crippen LogP contribution is 2.20. The molecule has 0 spiro atoms. The van der Waals surface area contributed by atoms with Crippen molar-refractivity contribution in [1.82, 2.24) is 23.9 Å². The number of rotatable bonds is 6. The third kappa shape index (κ3) is 5.14. The minimum Gasteiger partial charge on any atom is -0.352 e. The van der Waals surface area contributed by atoms with Crippen LogP contribution in [0.3, 0.4) is 0 Å². The summed E-state index contributed by atoms with van der Waals surface area (Å²) in [7, 11) is -0.434. The largest absolute Gasteiger partial charge is 0.352 e. The van der Waals surface area contributed by atoms with Gasteiger partial charge in [-0.1, -0.05) is 12.1 Å². The molecule has 29 heavy (non-hydrogen) atoms. The van der Waals surface area contributed by atoms with E-state index in [-0.39, 0.29) is 17.6 Å². The average molecular weight is 421 g/mol. The molecule has 1 aliphatic heterocycles. The Morgan fingerprint density at radius 1 is 1.31 bits per heavy atom. The van der Waals surface area contributed by atoms with Crippen LogP contribution >= 0.6 is 0 Å². The van der Waals surface area contributed by atoms with E-state index in [0.29, 0.717) is 36.6 Å². The summed E-state index contributed by atoms with van der Waals surface area (Å²) in [5.74, 6) is -0.345. The zero-order valence-electron chi connectivity index (χ0n) is 16.4. The van der Waals surface area contributed by atoms with Gasteiger partial charge in [0, 0.05) is 51.7 Å². The number of nitrogens with zero attached hydrogens (tertiary/aromatic N) is 4. The normalized spacial score (nSPS) is 18.0. The van der Waals surface area contributed by atoms with E-state index in [1.807, 2.05) is 0 Å². The van der Waals surface area contributed by atoms with Crippen molar-refractivity contribution in [3.05, 3.63) is 48.0 Å². The van der Waals surface area contributed by atoms with E-state index < -0.39 is 10.2 Å². The number of nitrogens with one attached hydrogen (secondary N) is 1. The molecule has 1 saturated heterocycles. The molecule has 1 N–H and O–H groups in total. The lowest BCUT2D eigenvalue weighted by Crippen LogP contribution is -2.47. The zero-order valence-corrected chi connectivity index (χ0v) is 17.2. The summed E-state index contributed by atoms with van der Waals surface area (Å²) in [5, 5.41) is 2.82. The van der Waals surface area contributed by atoms with Gasteiger partial charge in [-0.2, -0.15) is 17.0 Å². The molecule has 0 aliphatic carbocycles. The molecule has 2 aromatic rings. The van der Waals surface area contributed by atoms with E-state index in [1.165, 1.54) is 47.2 Å². The molecule has 1 unspecified atom stereocenters. The van der Waals surface area contributed by atoms with Gasteiger partial charge >= 0.3 is 0 Å². The van der Waals surface area contributed by atoms with Gasteiger partial charge in [0.05, 0.1) is 5.56 Å². The van der Waals surface area contributed by atoms with Gasteiger partial charge in [-0.05, 0) is 30.9 Å². The number of aromatic nitrogens is 2. The second kappa shape index (κ2) is 8.93. The second-order valence-electron chi connectivity index (χ2n) is 7.17. The summed E-state index contributed by atoms with van der Waals surface area (Å²) in [6, 6.07) is 5.92. The fraction of sp³-hybridized carbons (Fsp3) is 0.421. The molecule has 1 fully saturated rings. The molecule has 8 nitrogen and oxygen atoms in total.